The van der Waals surface area contributed by atoms with E-state index in [1.807, 2.05) is 0 Å². The molecular formula is C30H25F2N3O5. The van der Waals surface area contributed by atoms with Crippen molar-refractivity contribution in [3.05, 3.63) is 84.6 Å². The number of pyridine rings is 1. The van der Waals surface area contributed by atoms with Crippen LogP contribution in [0.25, 0.3) is 10.9 Å². The maximum absolute atomic E-state index is 15.4. The van der Waals surface area contributed by atoms with Crippen molar-refractivity contribution in [1.82, 2.24) is 4.98 Å². The van der Waals surface area contributed by atoms with Crippen LogP contribution in [0.5, 0.6) is 17.2 Å². The molecule has 0 unspecified atom stereocenters. The normalized spacial score (nSPS) is 16.3. The van der Waals surface area contributed by atoms with Crippen molar-refractivity contribution in [2.45, 2.75) is 31.3 Å². The number of carbonyl (C=O) groups is 2. The summed E-state index contributed by atoms with van der Waals surface area (Å²) in [7, 11) is 0. The molecule has 10 heteroatoms. The van der Waals surface area contributed by atoms with Crippen LogP contribution >= 0.6 is 0 Å². The molecule has 8 nitrogen and oxygen atoms in total. The largest absolute Gasteiger partial charge is 0.491 e. The number of hydrogen-bond acceptors (Lipinski definition) is 6. The Bertz CT molecular complexity index is 1630. The number of ether oxygens (including phenoxy) is 2. The van der Waals surface area contributed by atoms with Crippen molar-refractivity contribution in [1.29, 1.82) is 0 Å². The Hall–Kier alpha value is -4.57. The number of aliphatic hydroxyl groups is 1. The highest BCUT2D eigenvalue weighted by Gasteiger charge is 2.57. The first-order valence-corrected chi connectivity index (χ1v) is 12.8. The molecular weight excluding hydrogens is 520 g/mol. The monoisotopic (exact) mass is 545 g/mol. The molecule has 40 heavy (non-hydrogen) atoms. The SMILES string of the molecule is NC(=O)C1(C(=O)N(c2ccc(F)cc2)c2ccc(Oc3ccnc4cc(OCC5(O)CC5)ccc34)c(F)c2)CC1. The van der Waals surface area contributed by atoms with Crippen molar-refractivity contribution >= 4 is 34.1 Å². The fraction of sp³-hybridized carbons (Fsp3) is 0.233. The first-order chi connectivity index (χ1) is 19.2. The van der Waals surface area contributed by atoms with Crippen LogP contribution in [0.4, 0.5) is 20.2 Å². The van der Waals surface area contributed by atoms with Gasteiger partial charge in [0.2, 0.25) is 11.8 Å². The Morgan fingerprint density at radius 3 is 2.30 bits per heavy atom. The number of halogens is 2. The molecule has 0 aliphatic heterocycles. The zero-order valence-electron chi connectivity index (χ0n) is 21.3. The molecule has 1 heterocycles. The number of primary amides is 1. The van der Waals surface area contributed by atoms with Gasteiger partial charge in [0.25, 0.3) is 0 Å². The van der Waals surface area contributed by atoms with Crippen LogP contribution in [0.15, 0.2) is 72.9 Å². The predicted molar refractivity (Wildman–Crippen MR) is 142 cm³/mol. The van der Waals surface area contributed by atoms with Crippen LogP contribution in [0.1, 0.15) is 25.7 Å². The molecule has 0 bridgehead atoms. The van der Waals surface area contributed by atoms with Gasteiger partial charge in [0, 0.05) is 29.4 Å². The summed E-state index contributed by atoms with van der Waals surface area (Å²) < 4.78 is 40.6. The number of anilines is 2. The molecule has 204 valence electrons. The quantitative estimate of drug-likeness (QED) is 0.282. The number of benzene rings is 3. The fourth-order valence-corrected chi connectivity index (χ4v) is 4.50. The molecule has 2 fully saturated rings. The minimum absolute atomic E-state index is 0.102. The number of rotatable bonds is 9. The summed E-state index contributed by atoms with van der Waals surface area (Å²) in [5, 5.41) is 10.6. The standard InChI is InChI=1S/C30H25F2N3O5/c31-18-1-3-19(4-2-18)35(28(37)30(12-13-30)27(33)36)20-5-8-26(23(32)15-20)40-25-9-14-34-24-16-21(6-7-22(24)25)39-17-29(38)10-11-29/h1-9,14-16,38H,10-13,17H2,(H2,33,36). The number of fused-ring (bicyclic) bond motifs is 1. The summed E-state index contributed by atoms with van der Waals surface area (Å²) in [4.78, 5) is 31.1. The zero-order valence-corrected chi connectivity index (χ0v) is 21.3. The molecule has 3 aromatic carbocycles. The van der Waals surface area contributed by atoms with Crippen molar-refractivity contribution in [3.8, 4) is 17.2 Å². The van der Waals surface area contributed by atoms with Crippen molar-refractivity contribution in [2.24, 2.45) is 11.1 Å². The minimum Gasteiger partial charge on any atom is -0.491 e. The first kappa shape index (κ1) is 25.7. The Morgan fingerprint density at radius 1 is 0.925 bits per heavy atom. The van der Waals surface area contributed by atoms with Crippen LogP contribution < -0.4 is 20.1 Å². The summed E-state index contributed by atoms with van der Waals surface area (Å²) in [6.07, 6.45) is 3.51. The van der Waals surface area contributed by atoms with Gasteiger partial charge in [0.05, 0.1) is 16.8 Å². The highest BCUT2D eigenvalue weighted by atomic mass is 19.1. The molecule has 2 aliphatic rings. The molecule has 4 aromatic rings. The van der Waals surface area contributed by atoms with E-state index in [1.165, 1.54) is 47.5 Å². The zero-order chi connectivity index (χ0) is 28.1. The summed E-state index contributed by atoms with van der Waals surface area (Å²) in [6.45, 7) is 0.199. The smallest absolute Gasteiger partial charge is 0.247 e. The summed E-state index contributed by atoms with van der Waals surface area (Å²) in [6, 6.07) is 15.8. The topological polar surface area (TPSA) is 115 Å². The number of hydrogen-bond donors (Lipinski definition) is 2. The van der Waals surface area contributed by atoms with Gasteiger partial charge in [-0.05, 0) is 80.3 Å². The van der Waals surface area contributed by atoms with Gasteiger partial charge in [-0.25, -0.2) is 8.78 Å². The lowest BCUT2D eigenvalue weighted by molar-refractivity contribution is -0.133. The van der Waals surface area contributed by atoms with E-state index in [0.717, 1.165) is 6.07 Å². The number of carbonyl (C=O) groups excluding carboxylic acids is 2. The summed E-state index contributed by atoms with van der Waals surface area (Å²) in [5.41, 5.74) is 4.34. The number of amides is 2. The molecule has 1 aromatic heterocycles. The van der Waals surface area contributed by atoms with Gasteiger partial charge in [0.15, 0.2) is 11.6 Å². The molecule has 0 saturated heterocycles. The van der Waals surface area contributed by atoms with Gasteiger partial charge in [-0.1, -0.05) is 0 Å². The highest BCUT2D eigenvalue weighted by Crippen LogP contribution is 2.49. The second-order valence-electron chi connectivity index (χ2n) is 10.3. The third-order valence-electron chi connectivity index (χ3n) is 7.32. The van der Waals surface area contributed by atoms with E-state index >= 15 is 4.39 Å². The van der Waals surface area contributed by atoms with Crippen molar-refractivity contribution in [3.63, 3.8) is 0 Å². The van der Waals surface area contributed by atoms with Crippen molar-refractivity contribution in [2.75, 3.05) is 11.5 Å². The molecule has 0 spiro atoms. The lowest BCUT2D eigenvalue weighted by Gasteiger charge is -2.26. The summed E-state index contributed by atoms with van der Waals surface area (Å²) >= 11 is 0. The van der Waals surface area contributed by atoms with Gasteiger partial charge in [0.1, 0.15) is 29.3 Å². The van der Waals surface area contributed by atoms with E-state index in [-0.39, 0.29) is 36.6 Å². The fourth-order valence-electron chi connectivity index (χ4n) is 4.50. The van der Waals surface area contributed by atoms with Gasteiger partial charge >= 0.3 is 0 Å². The third kappa shape index (κ3) is 4.82. The summed E-state index contributed by atoms with van der Waals surface area (Å²) in [5.74, 6) is -1.84. The molecule has 2 saturated carbocycles. The maximum atomic E-state index is 15.4. The second-order valence-corrected chi connectivity index (χ2v) is 10.3. The molecule has 2 amide bonds. The number of nitrogens with zero attached hydrogens (tertiary/aromatic N) is 2. The van der Waals surface area contributed by atoms with E-state index in [4.69, 9.17) is 15.2 Å². The second kappa shape index (κ2) is 9.56. The lowest BCUT2D eigenvalue weighted by Crippen LogP contribution is -2.41. The van der Waals surface area contributed by atoms with E-state index in [1.54, 1.807) is 24.3 Å². The number of nitrogens with two attached hydrogens (primary N) is 1. The Balaban J connectivity index is 1.28. The van der Waals surface area contributed by atoms with Crippen LogP contribution in [-0.4, -0.2) is 34.1 Å². The molecule has 0 atom stereocenters. The highest BCUT2D eigenvalue weighted by molar-refractivity contribution is 6.16. The van der Waals surface area contributed by atoms with Crippen LogP contribution in [0.2, 0.25) is 0 Å². The molecule has 3 N–H and O–H groups in total. The molecule has 0 radical (unpaired) electrons. The van der Waals surface area contributed by atoms with Gasteiger partial charge in [-0.3, -0.25) is 19.5 Å². The lowest BCUT2D eigenvalue weighted by atomic mass is 10.0. The van der Waals surface area contributed by atoms with Gasteiger partial charge in [-0.2, -0.15) is 0 Å². The predicted octanol–water partition coefficient (Wildman–Crippen LogP) is 5.14. The Kier molecular flexibility index (Phi) is 6.14. The van der Waals surface area contributed by atoms with Crippen LogP contribution in [0.3, 0.4) is 0 Å². The molecule has 6 rings (SSSR count). The van der Waals surface area contributed by atoms with E-state index in [0.29, 0.717) is 35.2 Å². The van der Waals surface area contributed by atoms with E-state index in [2.05, 4.69) is 4.98 Å². The minimum atomic E-state index is -1.38. The maximum Gasteiger partial charge on any atom is 0.247 e. The number of aromatic nitrogens is 1. The van der Waals surface area contributed by atoms with Crippen molar-refractivity contribution < 1.29 is 33.0 Å². The van der Waals surface area contributed by atoms with Gasteiger partial charge < -0.3 is 20.3 Å². The van der Waals surface area contributed by atoms with E-state index in [9.17, 15) is 19.1 Å². The average molecular weight is 546 g/mol. The van der Waals surface area contributed by atoms with Crippen LogP contribution in [0, 0.1) is 17.0 Å². The van der Waals surface area contributed by atoms with Gasteiger partial charge in [-0.15, -0.1) is 0 Å². The van der Waals surface area contributed by atoms with E-state index < -0.39 is 34.5 Å². The third-order valence-corrected chi connectivity index (χ3v) is 7.32. The average Bonchev–Trinajstić information content (AvgIpc) is 3.87. The van der Waals surface area contributed by atoms with Crippen LogP contribution in [-0.2, 0) is 9.59 Å². The Labute approximate surface area is 227 Å². The Morgan fingerprint density at radius 2 is 1.65 bits per heavy atom. The first-order valence-electron chi connectivity index (χ1n) is 12.8. The molecule has 2 aliphatic carbocycles.